The van der Waals surface area contributed by atoms with E-state index in [0.717, 1.165) is 0 Å². The molecule has 3 nitrogen and oxygen atoms in total. The Hall–Kier alpha value is -0.570. The van der Waals surface area contributed by atoms with Gasteiger partial charge in [0.25, 0.3) is 0 Å². The van der Waals surface area contributed by atoms with Gasteiger partial charge in [-0.05, 0) is 0 Å². The Balaban J connectivity index is 0. The van der Waals surface area contributed by atoms with Gasteiger partial charge in [-0.15, -0.1) is 0 Å². The van der Waals surface area contributed by atoms with Gasteiger partial charge in [0.2, 0.25) is 5.91 Å². The molecule has 0 aromatic rings. The summed E-state index contributed by atoms with van der Waals surface area (Å²) in [6, 6.07) is 0. The first kappa shape index (κ1) is 9.06. The first-order chi connectivity index (χ1) is 2.27. The standard InChI is InChI=1S/C3H7NO.H3N/c1-3(5)4-2;/h1-2H3,(H,4,5);1H3. The number of carbonyl (C=O) groups excluding carboxylic acids is 1. The first-order valence-electron chi connectivity index (χ1n) is 1.45. The third-order valence-electron chi connectivity index (χ3n) is 0.352. The van der Waals surface area contributed by atoms with Gasteiger partial charge in [-0.3, -0.25) is 4.79 Å². The van der Waals surface area contributed by atoms with Crippen LogP contribution in [0.3, 0.4) is 0 Å². The van der Waals surface area contributed by atoms with Crippen molar-refractivity contribution in [1.29, 1.82) is 0 Å². The lowest BCUT2D eigenvalue weighted by atomic mass is 10.7. The van der Waals surface area contributed by atoms with E-state index in [2.05, 4.69) is 5.32 Å². The third-order valence-corrected chi connectivity index (χ3v) is 0.352. The zero-order valence-electron chi connectivity index (χ0n) is 4.12. The maximum atomic E-state index is 9.70. The van der Waals surface area contributed by atoms with Gasteiger partial charge >= 0.3 is 0 Å². The fourth-order valence-corrected chi connectivity index (χ4v) is 0. The Morgan fingerprint density at radius 3 is 1.83 bits per heavy atom. The Labute approximate surface area is 37.3 Å². The average Bonchev–Trinajstić information content (AvgIpc) is 1.38. The molecule has 0 saturated heterocycles. The fourth-order valence-electron chi connectivity index (χ4n) is 0. The van der Waals surface area contributed by atoms with E-state index in [4.69, 9.17) is 0 Å². The van der Waals surface area contributed by atoms with Gasteiger partial charge in [-0.1, -0.05) is 0 Å². The Kier molecular flexibility index (Phi) is 6.69. The van der Waals surface area contributed by atoms with Crippen LogP contribution in [0.15, 0.2) is 0 Å². The number of amides is 1. The van der Waals surface area contributed by atoms with Gasteiger partial charge in [0.15, 0.2) is 0 Å². The predicted molar refractivity (Wildman–Crippen MR) is 24.8 cm³/mol. The highest BCUT2D eigenvalue weighted by molar-refractivity contribution is 5.72. The molecular weight excluding hydrogens is 80.0 g/mol. The highest BCUT2D eigenvalue weighted by atomic mass is 16.1. The molecule has 0 heterocycles. The summed E-state index contributed by atoms with van der Waals surface area (Å²) in [7, 11) is 1.60. The zero-order chi connectivity index (χ0) is 4.28. The van der Waals surface area contributed by atoms with E-state index in [1.807, 2.05) is 0 Å². The molecule has 0 fully saturated rings. The van der Waals surface area contributed by atoms with Crippen molar-refractivity contribution in [1.82, 2.24) is 11.5 Å². The van der Waals surface area contributed by atoms with Crippen molar-refractivity contribution in [2.45, 2.75) is 6.92 Å². The van der Waals surface area contributed by atoms with Crippen LogP contribution in [0.2, 0.25) is 0 Å². The lowest BCUT2D eigenvalue weighted by Crippen LogP contribution is -2.11. The molecule has 3 heteroatoms. The van der Waals surface area contributed by atoms with E-state index in [0.29, 0.717) is 0 Å². The van der Waals surface area contributed by atoms with Gasteiger partial charge in [0.05, 0.1) is 0 Å². The molecule has 0 bridgehead atoms. The van der Waals surface area contributed by atoms with Crippen LogP contribution in [0, 0.1) is 0 Å². The summed E-state index contributed by atoms with van der Waals surface area (Å²) >= 11 is 0. The molecular formula is C3H10N2O. The molecule has 0 radical (unpaired) electrons. The first-order valence-corrected chi connectivity index (χ1v) is 1.45. The topological polar surface area (TPSA) is 64.1 Å². The summed E-state index contributed by atoms with van der Waals surface area (Å²) in [5.74, 6) is 0.00463. The fraction of sp³-hybridized carbons (Fsp3) is 0.667. The van der Waals surface area contributed by atoms with E-state index < -0.39 is 0 Å². The van der Waals surface area contributed by atoms with Gasteiger partial charge in [-0.2, -0.15) is 0 Å². The van der Waals surface area contributed by atoms with Crippen LogP contribution in [-0.2, 0) is 4.79 Å². The zero-order valence-corrected chi connectivity index (χ0v) is 4.12. The smallest absolute Gasteiger partial charge is 0.216 e. The molecule has 0 atom stereocenters. The number of hydrogen-bond acceptors (Lipinski definition) is 2. The number of carbonyl (C=O) groups is 1. The minimum absolute atomic E-state index is 0. The molecule has 0 aromatic carbocycles. The largest absolute Gasteiger partial charge is 0.359 e. The second-order valence-corrected chi connectivity index (χ2v) is 0.806. The van der Waals surface area contributed by atoms with Gasteiger partial charge in [-0.25, -0.2) is 0 Å². The summed E-state index contributed by atoms with van der Waals surface area (Å²) in [4.78, 5) is 9.70. The predicted octanol–water partition coefficient (Wildman–Crippen LogP) is -0.0857. The molecule has 0 aliphatic heterocycles. The maximum Gasteiger partial charge on any atom is 0.216 e. The van der Waals surface area contributed by atoms with Crippen molar-refractivity contribution in [2.75, 3.05) is 7.05 Å². The van der Waals surface area contributed by atoms with E-state index >= 15 is 0 Å². The van der Waals surface area contributed by atoms with Crippen molar-refractivity contribution >= 4 is 5.91 Å². The monoisotopic (exact) mass is 90.1 g/mol. The van der Waals surface area contributed by atoms with Crippen LogP contribution in [0.25, 0.3) is 0 Å². The normalized spacial score (nSPS) is 5.67. The lowest BCUT2D eigenvalue weighted by Gasteiger charge is -1.80. The van der Waals surface area contributed by atoms with Crippen molar-refractivity contribution in [3.63, 3.8) is 0 Å². The van der Waals surface area contributed by atoms with Crippen LogP contribution in [-0.4, -0.2) is 13.0 Å². The van der Waals surface area contributed by atoms with Crippen molar-refractivity contribution in [3.05, 3.63) is 0 Å². The molecule has 0 saturated carbocycles. The van der Waals surface area contributed by atoms with Crippen LogP contribution in [0.1, 0.15) is 6.92 Å². The van der Waals surface area contributed by atoms with E-state index in [-0.39, 0.29) is 12.1 Å². The molecule has 1 amide bonds. The van der Waals surface area contributed by atoms with Crippen LogP contribution in [0.5, 0.6) is 0 Å². The maximum absolute atomic E-state index is 9.70. The SMILES string of the molecule is CNC(C)=O.N. The summed E-state index contributed by atoms with van der Waals surface area (Å²) in [5.41, 5.74) is 0. The highest BCUT2D eigenvalue weighted by Gasteiger charge is 1.72. The summed E-state index contributed by atoms with van der Waals surface area (Å²) in [6.45, 7) is 1.47. The average molecular weight is 90.1 g/mol. The van der Waals surface area contributed by atoms with Gasteiger partial charge in [0, 0.05) is 14.0 Å². The summed E-state index contributed by atoms with van der Waals surface area (Å²) < 4.78 is 0. The molecule has 0 unspecified atom stereocenters. The number of nitrogens with one attached hydrogen (secondary N) is 1. The van der Waals surface area contributed by atoms with Crippen molar-refractivity contribution in [3.8, 4) is 0 Å². The van der Waals surface area contributed by atoms with Crippen LogP contribution < -0.4 is 11.5 Å². The van der Waals surface area contributed by atoms with E-state index in [1.54, 1.807) is 7.05 Å². The molecule has 0 aromatic heterocycles. The molecule has 0 aliphatic rings. The van der Waals surface area contributed by atoms with E-state index in [1.165, 1.54) is 6.92 Å². The van der Waals surface area contributed by atoms with Crippen molar-refractivity contribution in [2.24, 2.45) is 0 Å². The Bertz CT molecular complexity index is 44.1. The molecule has 0 spiro atoms. The minimum Gasteiger partial charge on any atom is -0.359 e. The van der Waals surface area contributed by atoms with Gasteiger partial charge in [0.1, 0.15) is 0 Å². The van der Waals surface area contributed by atoms with Crippen molar-refractivity contribution < 1.29 is 4.79 Å². The van der Waals surface area contributed by atoms with Crippen LogP contribution in [0.4, 0.5) is 0 Å². The Morgan fingerprint density at radius 1 is 1.67 bits per heavy atom. The molecule has 0 rings (SSSR count). The lowest BCUT2D eigenvalue weighted by molar-refractivity contribution is -0.118. The minimum atomic E-state index is 0. The molecule has 0 aliphatic carbocycles. The summed E-state index contributed by atoms with van der Waals surface area (Å²) in [5, 5.41) is 2.39. The third kappa shape index (κ3) is 9.90. The second-order valence-electron chi connectivity index (χ2n) is 0.806. The molecule has 4 N–H and O–H groups in total. The number of rotatable bonds is 0. The molecule has 6 heavy (non-hydrogen) atoms. The Morgan fingerprint density at radius 2 is 1.83 bits per heavy atom. The van der Waals surface area contributed by atoms with E-state index in [9.17, 15) is 4.79 Å². The van der Waals surface area contributed by atoms with Crippen LogP contribution >= 0.6 is 0 Å². The molecule has 38 valence electrons. The summed E-state index contributed by atoms with van der Waals surface area (Å²) in [6.07, 6.45) is 0. The quantitative estimate of drug-likeness (QED) is 0.436. The van der Waals surface area contributed by atoms with Gasteiger partial charge < -0.3 is 11.5 Å². The second kappa shape index (κ2) is 4.43. The highest BCUT2D eigenvalue weighted by Crippen LogP contribution is 1.45. The number of hydrogen-bond donors (Lipinski definition) is 2.